The number of alkyl halides is 1. The predicted octanol–water partition coefficient (Wildman–Crippen LogP) is 4.26. The van der Waals surface area contributed by atoms with E-state index in [0.717, 1.165) is 11.3 Å². The van der Waals surface area contributed by atoms with Gasteiger partial charge in [-0.25, -0.2) is 0 Å². The molecule has 0 aromatic heterocycles. The Labute approximate surface area is 122 Å². The molecule has 1 saturated carbocycles. The molecule has 0 atom stereocenters. The molecule has 1 aliphatic rings. The maximum absolute atomic E-state index is 10.8. The maximum Gasteiger partial charge on any atom is 0.269 e. The number of nitrogens with zero attached hydrogens (tertiary/aromatic N) is 2. The fourth-order valence-corrected chi connectivity index (χ4v) is 3.25. The summed E-state index contributed by atoms with van der Waals surface area (Å²) in [5, 5.41) is 11.5. The van der Waals surface area contributed by atoms with Crippen molar-refractivity contribution >= 4 is 27.3 Å². The van der Waals surface area contributed by atoms with Crippen LogP contribution in [-0.2, 0) is 5.33 Å². The fraction of sp³-hybridized carbons (Fsp3) is 0.571. The van der Waals surface area contributed by atoms with Crippen LogP contribution in [0, 0.1) is 10.1 Å². The summed E-state index contributed by atoms with van der Waals surface area (Å²) in [6, 6.07) is 5.71. The van der Waals surface area contributed by atoms with Crippen molar-refractivity contribution in [3.8, 4) is 0 Å². The van der Waals surface area contributed by atoms with Crippen molar-refractivity contribution in [1.82, 2.24) is 0 Å². The molecule has 1 aliphatic carbocycles. The smallest absolute Gasteiger partial charge is 0.269 e. The van der Waals surface area contributed by atoms with Gasteiger partial charge in [0.25, 0.3) is 5.69 Å². The molecule has 0 N–H and O–H groups in total. The van der Waals surface area contributed by atoms with Crippen molar-refractivity contribution in [3.63, 3.8) is 0 Å². The van der Waals surface area contributed by atoms with Crippen molar-refractivity contribution in [2.24, 2.45) is 0 Å². The third kappa shape index (κ3) is 3.26. The highest BCUT2D eigenvalue weighted by atomic mass is 79.9. The van der Waals surface area contributed by atoms with Gasteiger partial charge in [0, 0.05) is 36.2 Å². The van der Waals surface area contributed by atoms with Crippen LogP contribution in [0.1, 0.15) is 37.7 Å². The van der Waals surface area contributed by atoms with Crippen LogP contribution in [0.5, 0.6) is 0 Å². The summed E-state index contributed by atoms with van der Waals surface area (Å²) in [4.78, 5) is 12.8. The quantitative estimate of drug-likeness (QED) is 0.472. The first-order chi connectivity index (χ1) is 9.13. The van der Waals surface area contributed by atoms with Gasteiger partial charge in [-0.3, -0.25) is 10.1 Å². The van der Waals surface area contributed by atoms with E-state index in [1.54, 1.807) is 12.1 Å². The van der Waals surface area contributed by atoms with Gasteiger partial charge in [-0.15, -0.1) is 0 Å². The molecule has 0 amide bonds. The molecule has 1 aromatic carbocycles. The first-order valence-corrected chi connectivity index (χ1v) is 7.81. The number of hydrogen-bond donors (Lipinski definition) is 0. The number of anilines is 1. The highest BCUT2D eigenvalue weighted by Crippen LogP contribution is 2.31. The molecular weight excluding hydrogens is 308 g/mol. The molecule has 5 heteroatoms. The number of halogens is 1. The summed E-state index contributed by atoms with van der Waals surface area (Å²) in [5.74, 6) is 0. The van der Waals surface area contributed by atoms with Crippen molar-refractivity contribution in [2.45, 2.75) is 43.5 Å². The number of rotatable bonds is 4. The lowest BCUT2D eigenvalue weighted by molar-refractivity contribution is -0.384. The molecule has 19 heavy (non-hydrogen) atoms. The zero-order chi connectivity index (χ0) is 13.8. The molecule has 0 bridgehead atoms. The number of nitro benzene ring substituents is 1. The van der Waals surface area contributed by atoms with Crippen LogP contribution in [0.4, 0.5) is 11.4 Å². The molecule has 0 heterocycles. The van der Waals surface area contributed by atoms with E-state index in [0.29, 0.717) is 11.4 Å². The van der Waals surface area contributed by atoms with E-state index in [9.17, 15) is 10.1 Å². The Kier molecular flexibility index (Phi) is 4.80. The van der Waals surface area contributed by atoms with Crippen LogP contribution < -0.4 is 4.90 Å². The minimum Gasteiger partial charge on any atom is -0.371 e. The Morgan fingerprint density at radius 1 is 1.37 bits per heavy atom. The van der Waals surface area contributed by atoms with E-state index >= 15 is 0 Å². The van der Waals surface area contributed by atoms with Gasteiger partial charge >= 0.3 is 0 Å². The maximum atomic E-state index is 10.8. The topological polar surface area (TPSA) is 46.4 Å². The minimum absolute atomic E-state index is 0.162. The molecular formula is C14H19BrN2O2. The molecule has 1 aromatic rings. The summed E-state index contributed by atoms with van der Waals surface area (Å²) in [5.41, 5.74) is 2.26. The largest absolute Gasteiger partial charge is 0.371 e. The van der Waals surface area contributed by atoms with Crippen LogP contribution in [-0.4, -0.2) is 18.0 Å². The van der Waals surface area contributed by atoms with Gasteiger partial charge in [-0.05, 0) is 24.5 Å². The number of nitro groups is 1. The molecule has 0 spiro atoms. The standard InChI is InChI=1S/C14H19BrN2O2/c1-16(12-5-3-2-4-6-12)14-8-7-13(17(18)19)9-11(14)10-15/h7-9,12H,2-6,10H2,1H3. The van der Waals surface area contributed by atoms with E-state index < -0.39 is 0 Å². The first kappa shape index (κ1) is 14.3. The molecule has 0 radical (unpaired) electrons. The molecule has 1 fully saturated rings. The van der Waals surface area contributed by atoms with Gasteiger partial charge in [0.2, 0.25) is 0 Å². The van der Waals surface area contributed by atoms with Crippen LogP contribution in [0.3, 0.4) is 0 Å². The lowest BCUT2D eigenvalue weighted by Gasteiger charge is -2.34. The highest BCUT2D eigenvalue weighted by Gasteiger charge is 2.21. The number of non-ortho nitro benzene ring substituents is 1. The lowest BCUT2D eigenvalue weighted by Crippen LogP contribution is -2.33. The summed E-state index contributed by atoms with van der Waals surface area (Å²) >= 11 is 3.43. The van der Waals surface area contributed by atoms with Gasteiger partial charge < -0.3 is 4.90 Å². The van der Waals surface area contributed by atoms with Crippen molar-refractivity contribution in [1.29, 1.82) is 0 Å². The van der Waals surface area contributed by atoms with E-state index in [-0.39, 0.29) is 10.6 Å². The number of benzene rings is 1. The molecule has 0 saturated heterocycles. The van der Waals surface area contributed by atoms with E-state index in [4.69, 9.17) is 0 Å². The van der Waals surface area contributed by atoms with E-state index in [1.165, 1.54) is 32.1 Å². The van der Waals surface area contributed by atoms with Crippen LogP contribution in [0.2, 0.25) is 0 Å². The Bertz CT molecular complexity index is 459. The second kappa shape index (κ2) is 6.37. The first-order valence-electron chi connectivity index (χ1n) is 6.69. The normalized spacial score (nSPS) is 16.3. The van der Waals surface area contributed by atoms with Gasteiger partial charge in [0.15, 0.2) is 0 Å². The van der Waals surface area contributed by atoms with Gasteiger partial charge in [-0.2, -0.15) is 0 Å². The average molecular weight is 327 g/mol. The Morgan fingerprint density at radius 2 is 2.05 bits per heavy atom. The van der Waals surface area contributed by atoms with Gasteiger partial charge in [0.1, 0.15) is 0 Å². The van der Waals surface area contributed by atoms with E-state index in [1.807, 2.05) is 6.07 Å². The Hall–Kier alpha value is -1.10. The summed E-state index contributed by atoms with van der Waals surface area (Å²) in [6.07, 6.45) is 6.33. The molecule has 0 unspecified atom stereocenters. The molecule has 104 valence electrons. The summed E-state index contributed by atoms with van der Waals surface area (Å²) in [6.45, 7) is 0. The minimum atomic E-state index is -0.337. The van der Waals surface area contributed by atoms with Gasteiger partial charge in [0.05, 0.1) is 4.92 Å². The highest BCUT2D eigenvalue weighted by molar-refractivity contribution is 9.08. The SMILES string of the molecule is CN(c1ccc([N+](=O)[O-])cc1CBr)C1CCCCC1. The summed E-state index contributed by atoms with van der Waals surface area (Å²) in [7, 11) is 2.10. The third-order valence-corrected chi connectivity index (χ3v) is 4.52. The Morgan fingerprint density at radius 3 is 2.63 bits per heavy atom. The van der Waals surface area contributed by atoms with Crippen molar-refractivity contribution in [2.75, 3.05) is 11.9 Å². The zero-order valence-electron chi connectivity index (χ0n) is 11.1. The zero-order valence-corrected chi connectivity index (χ0v) is 12.7. The summed E-state index contributed by atoms with van der Waals surface area (Å²) < 4.78 is 0. The second-order valence-electron chi connectivity index (χ2n) is 5.11. The monoisotopic (exact) mass is 326 g/mol. The Balaban J connectivity index is 2.25. The van der Waals surface area contributed by atoms with Crippen LogP contribution in [0.15, 0.2) is 18.2 Å². The predicted molar refractivity (Wildman–Crippen MR) is 81.0 cm³/mol. The van der Waals surface area contributed by atoms with Crippen molar-refractivity contribution < 1.29 is 4.92 Å². The fourth-order valence-electron chi connectivity index (χ4n) is 2.80. The third-order valence-electron chi connectivity index (χ3n) is 3.92. The van der Waals surface area contributed by atoms with Crippen molar-refractivity contribution in [3.05, 3.63) is 33.9 Å². The van der Waals surface area contributed by atoms with Crippen LogP contribution >= 0.6 is 15.9 Å². The molecule has 0 aliphatic heterocycles. The number of hydrogen-bond acceptors (Lipinski definition) is 3. The molecule has 4 nitrogen and oxygen atoms in total. The molecule has 2 rings (SSSR count). The van der Waals surface area contributed by atoms with E-state index in [2.05, 4.69) is 27.9 Å². The van der Waals surface area contributed by atoms with Gasteiger partial charge in [-0.1, -0.05) is 35.2 Å². The van der Waals surface area contributed by atoms with Crippen LogP contribution in [0.25, 0.3) is 0 Å². The second-order valence-corrected chi connectivity index (χ2v) is 5.67. The average Bonchev–Trinajstić information content (AvgIpc) is 2.46. The lowest BCUT2D eigenvalue weighted by atomic mass is 9.94.